The lowest BCUT2D eigenvalue weighted by atomic mass is 9.99. The van der Waals surface area contributed by atoms with Crippen molar-refractivity contribution >= 4 is 10.0 Å². The maximum atomic E-state index is 14.1. The molecule has 1 aromatic heterocycles. The van der Waals surface area contributed by atoms with Crippen molar-refractivity contribution < 1.29 is 17.5 Å². The van der Waals surface area contributed by atoms with Gasteiger partial charge in [-0.2, -0.15) is 10.4 Å². The molecule has 0 radical (unpaired) electrons. The zero-order valence-corrected chi connectivity index (χ0v) is 14.3. The molecule has 132 valence electrons. The number of benzene rings is 1. The highest BCUT2D eigenvalue weighted by atomic mass is 32.2. The first-order chi connectivity index (χ1) is 11.9. The van der Waals surface area contributed by atoms with Crippen molar-refractivity contribution in [2.45, 2.75) is 29.9 Å². The van der Waals surface area contributed by atoms with Crippen molar-refractivity contribution in [2.24, 2.45) is 7.05 Å². The predicted octanol–water partition coefficient (Wildman–Crippen LogP) is 1.63. The van der Waals surface area contributed by atoms with Crippen molar-refractivity contribution in [3.8, 4) is 6.07 Å². The molecule has 1 aliphatic rings. The van der Waals surface area contributed by atoms with E-state index in [2.05, 4.69) is 9.82 Å². The van der Waals surface area contributed by atoms with Gasteiger partial charge in [-0.1, -0.05) is 0 Å². The molecule has 2 heterocycles. The molecule has 1 saturated heterocycles. The summed E-state index contributed by atoms with van der Waals surface area (Å²) in [5.41, 5.74) is 0.820. The van der Waals surface area contributed by atoms with Gasteiger partial charge in [-0.15, -0.1) is 0 Å². The molecule has 2 atom stereocenters. The number of ether oxygens (including phenoxy) is 1. The van der Waals surface area contributed by atoms with Crippen LogP contribution >= 0.6 is 0 Å². The predicted molar refractivity (Wildman–Crippen MR) is 86.4 cm³/mol. The maximum Gasteiger partial charge on any atom is 0.243 e. The molecular weight excluding hydrogens is 347 g/mol. The van der Waals surface area contributed by atoms with E-state index >= 15 is 0 Å². The number of aryl methyl sites for hydroxylation is 1. The highest BCUT2D eigenvalue weighted by molar-refractivity contribution is 7.89. The summed E-state index contributed by atoms with van der Waals surface area (Å²) in [6, 6.07) is 4.52. The Balaban J connectivity index is 1.87. The number of sulfonamides is 1. The lowest BCUT2D eigenvalue weighted by molar-refractivity contribution is -0.00447. The Kier molecular flexibility index (Phi) is 4.85. The van der Waals surface area contributed by atoms with Crippen LogP contribution in [0.15, 0.2) is 35.5 Å². The average Bonchev–Trinajstić information content (AvgIpc) is 3.01. The van der Waals surface area contributed by atoms with Crippen molar-refractivity contribution in [1.82, 2.24) is 14.5 Å². The Morgan fingerprint density at radius 3 is 2.92 bits per heavy atom. The van der Waals surface area contributed by atoms with Gasteiger partial charge in [0.1, 0.15) is 16.8 Å². The molecule has 1 fully saturated rings. The van der Waals surface area contributed by atoms with E-state index in [0.29, 0.717) is 19.4 Å². The first-order valence-electron chi connectivity index (χ1n) is 7.73. The van der Waals surface area contributed by atoms with Crippen LogP contribution in [0.25, 0.3) is 0 Å². The summed E-state index contributed by atoms with van der Waals surface area (Å²) in [6.07, 6.45) is 4.16. The molecule has 0 unspecified atom stereocenters. The van der Waals surface area contributed by atoms with Crippen LogP contribution in [-0.2, 0) is 21.8 Å². The number of nitrogens with one attached hydrogen (secondary N) is 1. The number of nitrogens with zero attached hydrogens (tertiary/aromatic N) is 3. The fourth-order valence-corrected chi connectivity index (χ4v) is 4.20. The summed E-state index contributed by atoms with van der Waals surface area (Å²) in [5.74, 6) is -0.957. The van der Waals surface area contributed by atoms with Crippen LogP contribution in [0.2, 0.25) is 0 Å². The number of nitriles is 1. The molecule has 2 aromatic rings. The third-order valence-corrected chi connectivity index (χ3v) is 5.56. The molecule has 0 aliphatic carbocycles. The minimum Gasteiger partial charge on any atom is -0.372 e. The van der Waals surface area contributed by atoms with Gasteiger partial charge in [0.25, 0.3) is 0 Å². The van der Waals surface area contributed by atoms with Gasteiger partial charge in [-0.05, 0) is 31.0 Å². The van der Waals surface area contributed by atoms with Crippen LogP contribution in [0.4, 0.5) is 4.39 Å². The molecular formula is C16H17FN4O3S. The van der Waals surface area contributed by atoms with Gasteiger partial charge >= 0.3 is 0 Å². The van der Waals surface area contributed by atoms with Crippen LogP contribution in [0.5, 0.6) is 0 Å². The summed E-state index contributed by atoms with van der Waals surface area (Å²) in [7, 11) is -2.33. The van der Waals surface area contributed by atoms with Crippen molar-refractivity contribution in [3.63, 3.8) is 0 Å². The number of rotatable bonds is 4. The number of hydrogen-bond donors (Lipinski definition) is 1. The number of aromatic nitrogens is 2. The standard InChI is InChI=1S/C16H17FN4O3S/c1-21-10-12(9-19-21)16-14(3-2-6-24-16)20-25(22,23)15-5-4-11(8-18)7-13(15)17/h4-5,7,9-10,14,16,20H,2-3,6H2,1H3/t14-,16+/m0/s1. The van der Waals surface area contributed by atoms with E-state index in [-0.39, 0.29) is 5.56 Å². The maximum absolute atomic E-state index is 14.1. The Labute approximate surface area is 145 Å². The van der Waals surface area contributed by atoms with Gasteiger partial charge in [-0.3, -0.25) is 4.68 Å². The minimum absolute atomic E-state index is 0.0608. The lowest BCUT2D eigenvalue weighted by Crippen LogP contribution is -2.42. The fraction of sp³-hybridized carbons (Fsp3) is 0.375. The third-order valence-electron chi connectivity index (χ3n) is 4.03. The second-order valence-electron chi connectivity index (χ2n) is 5.87. The highest BCUT2D eigenvalue weighted by Crippen LogP contribution is 2.29. The molecule has 0 spiro atoms. The van der Waals surface area contributed by atoms with Gasteiger partial charge in [0.05, 0.1) is 23.9 Å². The highest BCUT2D eigenvalue weighted by Gasteiger charge is 2.33. The van der Waals surface area contributed by atoms with Crippen LogP contribution in [-0.4, -0.2) is 30.8 Å². The summed E-state index contributed by atoms with van der Waals surface area (Å²) in [4.78, 5) is -0.484. The van der Waals surface area contributed by atoms with E-state index in [0.717, 1.165) is 17.7 Å². The van der Waals surface area contributed by atoms with E-state index in [9.17, 15) is 12.8 Å². The van der Waals surface area contributed by atoms with Crippen molar-refractivity contribution in [3.05, 3.63) is 47.5 Å². The molecule has 0 saturated carbocycles. The second-order valence-corrected chi connectivity index (χ2v) is 7.55. The molecule has 1 aromatic carbocycles. The van der Waals surface area contributed by atoms with E-state index in [1.807, 2.05) is 0 Å². The zero-order chi connectivity index (χ0) is 18.0. The lowest BCUT2D eigenvalue weighted by Gasteiger charge is -2.31. The molecule has 9 heteroatoms. The molecule has 1 aliphatic heterocycles. The second kappa shape index (κ2) is 6.92. The monoisotopic (exact) mass is 364 g/mol. The number of hydrogen-bond acceptors (Lipinski definition) is 5. The smallest absolute Gasteiger partial charge is 0.243 e. The first kappa shape index (κ1) is 17.5. The quantitative estimate of drug-likeness (QED) is 0.889. The van der Waals surface area contributed by atoms with E-state index in [1.54, 1.807) is 30.2 Å². The Hall–Kier alpha value is -2.28. The largest absolute Gasteiger partial charge is 0.372 e. The normalized spacial score (nSPS) is 21.0. The molecule has 3 rings (SSSR count). The number of halogens is 1. The summed E-state index contributed by atoms with van der Waals surface area (Å²) < 4.78 is 49.1. The topological polar surface area (TPSA) is 97.0 Å². The van der Waals surface area contributed by atoms with E-state index < -0.39 is 32.9 Å². The Morgan fingerprint density at radius 1 is 1.48 bits per heavy atom. The minimum atomic E-state index is -4.09. The molecule has 0 bridgehead atoms. The SMILES string of the molecule is Cn1cc([C@H]2OCCC[C@@H]2NS(=O)(=O)c2ccc(C#N)cc2F)cn1. The van der Waals surface area contributed by atoms with Crippen molar-refractivity contribution in [2.75, 3.05) is 6.61 Å². The summed E-state index contributed by atoms with van der Waals surface area (Å²) >= 11 is 0. The van der Waals surface area contributed by atoms with E-state index in [4.69, 9.17) is 10.00 Å². The van der Waals surface area contributed by atoms with Gasteiger partial charge in [0.15, 0.2) is 0 Å². The molecule has 7 nitrogen and oxygen atoms in total. The molecule has 1 N–H and O–H groups in total. The van der Waals surface area contributed by atoms with Crippen LogP contribution < -0.4 is 4.72 Å². The average molecular weight is 364 g/mol. The summed E-state index contributed by atoms with van der Waals surface area (Å²) in [5, 5.41) is 12.9. The van der Waals surface area contributed by atoms with Crippen LogP contribution in [0.1, 0.15) is 30.1 Å². The van der Waals surface area contributed by atoms with Crippen molar-refractivity contribution in [1.29, 1.82) is 5.26 Å². The van der Waals surface area contributed by atoms with E-state index in [1.165, 1.54) is 6.07 Å². The first-order valence-corrected chi connectivity index (χ1v) is 9.21. The molecule has 0 amide bonds. The Morgan fingerprint density at radius 2 is 2.28 bits per heavy atom. The van der Waals surface area contributed by atoms with Crippen LogP contribution in [0.3, 0.4) is 0 Å². The zero-order valence-electron chi connectivity index (χ0n) is 13.5. The van der Waals surface area contributed by atoms with Gasteiger partial charge in [0.2, 0.25) is 10.0 Å². The summed E-state index contributed by atoms with van der Waals surface area (Å²) in [6.45, 7) is 0.517. The van der Waals surface area contributed by atoms with Gasteiger partial charge in [-0.25, -0.2) is 17.5 Å². The van der Waals surface area contributed by atoms with Gasteiger partial charge in [0, 0.05) is 25.4 Å². The Bertz CT molecular complexity index is 920. The fourth-order valence-electron chi connectivity index (χ4n) is 2.87. The third kappa shape index (κ3) is 3.71. The van der Waals surface area contributed by atoms with Gasteiger partial charge < -0.3 is 4.74 Å². The molecule has 25 heavy (non-hydrogen) atoms. The van der Waals surface area contributed by atoms with Crippen LogP contribution in [0, 0.1) is 17.1 Å².